The van der Waals surface area contributed by atoms with Gasteiger partial charge in [-0.3, -0.25) is 19.4 Å². The van der Waals surface area contributed by atoms with Gasteiger partial charge in [-0.1, -0.05) is 0 Å². The Bertz CT molecular complexity index is 1040. The number of esters is 2. The van der Waals surface area contributed by atoms with Gasteiger partial charge in [0.15, 0.2) is 11.6 Å². The number of nitrogens with zero attached hydrogens (tertiary/aromatic N) is 3. The number of carbonyl (C=O) groups excluding carboxylic acids is 4. The van der Waals surface area contributed by atoms with E-state index in [-0.39, 0.29) is 30.0 Å². The molecule has 0 aromatic carbocycles. The second-order valence-corrected chi connectivity index (χ2v) is 13.7. The Morgan fingerprint density at radius 3 is 2.40 bits per heavy atom. The number of amides is 2. The van der Waals surface area contributed by atoms with Crippen molar-refractivity contribution in [2.24, 2.45) is 4.99 Å². The molecule has 0 bridgehead atoms. The van der Waals surface area contributed by atoms with Gasteiger partial charge in [-0.2, -0.15) is 0 Å². The molecule has 192 valence electrons. The van der Waals surface area contributed by atoms with Gasteiger partial charge in [0.1, 0.15) is 18.0 Å². The van der Waals surface area contributed by atoms with Gasteiger partial charge in [0, 0.05) is 10.5 Å². The van der Waals surface area contributed by atoms with Crippen LogP contribution in [0.1, 0.15) is 47.5 Å². The average molecular weight is 528 g/mol. The van der Waals surface area contributed by atoms with E-state index in [9.17, 15) is 29.1 Å². The molecule has 4 aliphatic heterocycles. The van der Waals surface area contributed by atoms with Crippen LogP contribution in [0.3, 0.4) is 0 Å². The minimum Gasteiger partial charge on any atom is -0.479 e. The monoisotopic (exact) mass is 527 g/mol. The van der Waals surface area contributed by atoms with Crippen LogP contribution in [0.25, 0.3) is 0 Å². The summed E-state index contributed by atoms with van der Waals surface area (Å²) in [5.74, 6) is -3.05. The summed E-state index contributed by atoms with van der Waals surface area (Å²) in [6.07, 6.45) is 0.221. The third kappa shape index (κ3) is 3.73. The molecular formula is C22H29N3O8S2. The maximum atomic E-state index is 13.3. The highest BCUT2D eigenvalue weighted by atomic mass is 32.2. The third-order valence-corrected chi connectivity index (χ3v) is 10.3. The summed E-state index contributed by atoms with van der Waals surface area (Å²) in [6.45, 7) is 8.22. The number of carboxylic acids is 1. The molecule has 0 aromatic rings. The van der Waals surface area contributed by atoms with E-state index in [2.05, 4.69) is 9.73 Å². The second kappa shape index (κ2) is 8.39. The first-order chi connectivity index (χ1) is 16.2. The van der Waals surface area contributed by atoms with Crippen molar-refractivity contribution in [1.82, 2.24) is 9.80 Å². The van der Waals surface area contributed by atoms with Crippen LogP contribution in [-0.2, 0) is 33.4 Å². The molecule has 0 aliphatic carbocycles. The highest BCUT2D eigenvalue weighted by molar-refractivity contribution is 8.02. The lowest BCUT2D eigenvalue weighted by atomic mass is 9.82. The number of methoxy groups -OCH3 is 1. The van der Waals surface area contributed by atoms with Crippen molar-refractivity contribution in [2.75, 3.05) is 13.7 Å². The van der Waals surface area contributed by atoms with Crippen LogP contribution in [0.4, 0.5) is 0 Å². The first kappa shape index (κ1) is 25.8. The van der Waals surface area contributed by atoms with Gasteiger partial charge in [-0.25, -0.2) is 9.59 Å². The number of rotatable bonds is 7. The zero-order valence-corrected chi connectivity index (χ0v) is 22.0. The van der Waals surface area contributed by atoms with Gasteiger partial charge >= 0.3 is 17.9 Å². The molecule has 35 heavy (non-hydrogen) atoms. The fourth-order valence-electron chi connectivity index (χ4n) is 5.24. The predicted octanol–water partition coefficient (Wildman–Crippen LogP) is 0.892. The molecule has 4 aliphatic rings. The zero-order valence-electron chi connectivity index (χ0n) is 20.4. The van der Waals surface area contributed by atoms with Crippen LogP contribution in [0.2, 0.25) is 0 Å². The van der Waals surface area contributed by atoms with Crippen LogP contribution < -0.4 is 0 Å². The van der Waals surface area contributed by atoms with Crippen LogP contribution >= 0.6 is 23.5 Å². The number of thioether (sulfide) groups is 2. The number of hydrogen-bond donors (Lipinski definition) is 1. The van der Waals surface area contributed by atoms with Crippen molar-refractivity contribution < 1.29 is 38.6 Å². The number of fused-ring (bicyclic) bond motifs is 2. The average Bonchev–Trinajstić information content (AvgIpc) is 3.11. The topological polar surface area (TPSA) is 143 Å². The summed E-state index contributed by atoms with van der Waals surface area (Å²) < 4.78 is 8.63. The Kier molecular flexibility index (Phi) is 6.19. The Hall–Kier alpha value is -2.28. The molecule has 0 unspecified atom stereocenters. The molecule has 0 radical (unpaired) electrons. The van der Waals surface area contributed by atoms with Crippen molar-refractivity contribution in [3.05, 3.63) is 0 Å². The number of hydrogen-bond acceptors (Lipinski definition) is 10. The van der Waals surface area contributed by atoms with Gasteiger partial charge in [0.2, 0.25) is 5.91 Å². The quantitative estimate of drug-likeness (QED) is 0.288. The first-order valence-electron chi connectivity index (χ1n) is 11.2. The van der Waals surface area contributed by atoms with E-state index in [1.54, 1.807) is 20.8 Å². The normalized spacial score (nSPS) is 34.5. The zero-order chi connectivity index (χ0) is 26.1. The minimum atomic E-state index is -1.70. The smallest absolute Gasteiger partial charge is 0.334 e. The number of β-lactam (4-membered cyclic amide) rings is 2. The molecule has 11 nitrogen and oxygen atoms in total. The number of aliphatic carboxylic acids is 1. The highest BCUT2D eigenvalue weighted by Crippen LogP contribution is 2.57. The fraction of sp³-hybridized carbons (Fsp3) is 0.727. The largest absolute Gasteiger partial charge is 0.479 e. The van der Waals surface area contributed by atoms with E-state index < -0.39 is 57.0 Å². The fourth-order valence-corrected chi connectivity index (χ4v) is 8.60. The molecule has 0 spiro atoms. The summed E-state index contributed by atoms with van der Waals surface area (Å²) in [7, 11) is 1.27. The molecule has 2 amide bonds. The van der Waals surface area contributed by atoms with Crippen molar-refractivity contribution in [3.63, 3.8) is 0 Å². The van der Waals surface area contributed by atoms with Crippen LogP contribution in [-0.4, -0.2) is 102 Å². The molecule has 4 saturated heterocycles. The van der Waals surface area contributed by atoms with Gasteiger partial charge in [0.25, 0.3) is 5.91 Å². The molecule has 13 heteroatoms. The van der Waals surface area contributed by atoms with Crippen molar-refractivity contribution in [2.45, 2.75) is 85.3 Å². The van der Waals surface area contributed by atoms with Gasteiger partial charge < -0.3 is 24.4 Å². The molecule has 1 N–H and O–H groups in total. The summed E-state index contributed by atoms with van der Waals surface area (Å²) in [6, 6.07) is -1.67. The molecule has 4 heterocycles. The number of aliphatic imine (C=N–C) groups is 1. The van der Waals surface area contributed by atoms with Gasteiger partial charge in [-0.05, 0) is 34.6 Å². The third-order valence-electron chi connectivity index (χ3n) is 7.14. The first-order valence-corrected chi connectivity index (χ1v) is 12.9. The molecule has 0 aromatic heterocycles. The van der Waals surface area contributed by atoms with Gasteiger partial charge in [-0.15, -0.1) is 23.5 Å². The van der Waals surface area contributed by atoms with E-state index in [1.165, 1.54) is 40.4 Å². The number of carboxylic acid groups (broad SMARTS) is 1. The standard InChI is InChI=1S/C22H29N3O8S2/c1-10(7-13(27)32-6)23-14-16(28)24-15(20(2,3)35-17(14)24)18(29)33-9-22(19(30)31)21(4,5)34-12-8-11(26)25(12)22/h12,14-15,17H,7-9H2,1-6H3,(H,30,31)/t12-,14-,15+,17-,22+/m1/s1. The molecule has 0 saturated carbocycles. The molecule has 5 atom stereocenters. The van der Waals surface area contributed by atoms with E-state index in [1.807, 2.05) is 13.8 Å². The lowest BCUT2D eigenvalue weighted by Gasteiger charge is -2.46. The van der Waals surface area contributed by atoms with E-state index >= 15 is 0 Å². The summed E-state index contributed by atoms with van der Waals surface area (Å²) in [5.41, 5.74) is -1.24. The summed E-state index contributed by atoms with van der Waals surface area (Å²) >= 11 is 2.79. The minimum absolute atomic E-state index is 0.0339. The Balaban J connectivity index is 1.51. The van der Waals surface area contributed by atoms with Crippen LogP contribution in [0.5, 0.6) is 0 Å². The van der Waals surface area contributed by atoms with Crippen molar-refractivity contribution in [1.29, 1.82) is 0 Å². The molecular weight excluding hydrogens is 498 g/mol. The lowest BCUT2D eigenvalue weighted by Crippen LogP contribution is -2.70. The Morgan fingerprint density at radius 2 is 1.83 bits per heavy atom. The Labute approximate surface area is 211 Å². The van der Waals surface area contributed by atoms with E-state index in [4.69, 9.17) is 4.74 Å². The summed E-state index contributed by atoms with van der Waals surface area (Å²) in [4.78, 5) is 69.6. The number of ether oxygens (including phenoxy) is 2. The predicted molar refractivity (Wildman–Crippen MR) is 128 cm³/mol. The highest BCUT2D eigenvalue weighted by Gasteiger charge is 2.71. The van der Waals surface area contributed by atoms with Crippen molar-refractivity contribution >= 4 is 59.0 Å². The van der Waals surface area contributed by atoms with Crippen molar-refractivity contribution in [3.8, 4) is 0 Å². The van der Waals surface area contributed by atoms with Gasteiger partial charge in [0.05, 0.1) is 30.1 Å². The maximum Gasteiger partial charge on any atom is 0.334 e. The molecule has 4 rings (SSSR count). The molecule has 4 fully saturated rings. The van der Waals surface area contributed by atoms with E-state index in [0.29, 0.717) is 5.71 Å². The Morgan fingerprint density at radius 1 is 1.17 bits per heavy atom. The number of carbonyl (C=O) groups is 5. The summed E-state index contributed by atoms with van der Waals surface area (Å²) in [5, 5.41) is 9.48. The SMILES string of the molecule is COC(=O)CC(C)=N[C@@H]1C(=O)N2[C@@H]1SC(C)(C)[C@@H]2C(=O)OC[C@@]1(C(=O)O)N2C(=O)C[C@H]2SC1(C)C. The van der Waals surface area contributed by atoms with Crippen LogP contribution in [0, 0.1) is 0 Å². The lowest BCUT2D eigenvalue weighted by molar-refractivity contribution is -0.180. The maximum absolute atomic E-state index is 13.3. The second-order valence-electron chi connectivity index (χ2n) is 10.1. The van der Waals surface area contributed by atoms with E-state index in [0.717, 1.165) is 0 Å². The van der Waals surface area contributed by atoms with Crippen LogP contribution in [0.15, 0.2) is 4.99 Å².